The molecule has 1 aliphatic rings. The first kappa shape index (κ1) is 12.1. The van der Waals surface area contributed by atoms with Gasteiger partial charge in [0.15, 0.2) is 5.78 Å². The van der Waals surface area contributed by atoms with E-state index in [1.807, 2.05) is 24.3 Å². The number of rotatable bonds is 2. The molecule has 1 aromatic carbocycles. The molecule has 1 heteroatoms. The molecule has 0 radical (unpaired) electrons. The Morgan fingerprint density at radius 1 is 1.06 bits per heavy atom. The van der Waals surface area contributed by atoms with E-state index in [0.29, 0.717) is 0 Å². The van der Waals surface area contributed by atoms with E-state index in [2.05, 4.69) is 13.8 Å². The third-order valence-corrected chi connectivity index (χ3v) is 3.62. The van der Waals surface area contributed by atoms with Crippen molar-refractivity contribution >= 4 is 5.78 Å². The molecule has 0 bridgehead atoms. The highest BCUT2D eigenvalue weighted by Gasteiger charge is 2.09. The molecule has 0 spiro atoms. The van der Waals surface area contributed by atoms with Crippen molar-refractivity contribution in [2.24, 2.45) is 0 Å². The number of ketones is 1. The highest BCUT2D eigenvalue weighted by atomic mass is 16.1. The molecular weight excluding hydrogens is 208 g/mol. The molecule has 1 aliphatic carbocycles. The van der Waals surface area contributed by atoms with Gasteiger partial charge in [-0.1, -0.05) is 24.1 Å². The van der Waals surface area contributed by atoms with Crippen LogP contribution in [0.15, 0.2) is 29.8 Å². The predicted molar refractivity (Wildman–Crippen MR) is 71.4 cm³/mol. The van der Waals surface area contributed by atoms with Crippen molar-refractivity contribution in [2.75, 3.05) is 0 Å². The van der Waals surface area contributed by atoms with Gasteiger partial charge in [0.25, 0.3) is 0 Å². The van der Waals surface area contributed by atoms with Crippen molar-refractivity contribution in [3.8, 4) is 0 Å². The summed E-state index contributed by atoms with van der Waals surface area (Å²) in [5, 5.41) is 0. The zero-order valence-electron chi connectivity index (χ0n) is 10.8. The molecule has 0 saturated heterocycles. The molecule has 17 heavy (non-hydrogen) atoms. The molecule has 0 aromatic heterocycles. The lowest BCUT2D eigenvalue weighted by Crippen LogP contribution is -2.01. The van der Waals surface area contributed by atoms with E-state index in [1.165, 1.54) is 36.0 Å². The van der Waals surface area contributed by atoms with Gasteiger partial charge in [-0.25, -0.2) is 0 Å². The molecule has 0 unspecified atom stereocenters. The number of carbonyl (C=O) groups excluding carboxylic acids is 1. The number of benzene rings is 1. The first-order chi connectivity index (χ1) is 8.16. The molecule has 0 heterocycles. The predicted octanol–water partition coefficient (Wildman–Crippen LogP) is 4.38. The monoisotopic (exact) mass is 228 g/mol. The minimum atomic E-state index is 0.171. The molecule has 1 nitrogen and oxygen atoms in total. The Bertz CT molecular complexity index is 447. The highest BCUT2D eigenvalue weighted by molar-refractivity contribution is 6.05. The van der Waals surface area contributed by atoms with Gasteiger partial charge in [0.05, 0.1) is 0 Å². The van der Waals surface area contributed by atoms with Gasteiger partial charge in [-0.15, -0.1) is 0 Å². The highest BCUT2D eigenvalue weighted by Crippen LogP contribution is 2.23. The number of aryl methyl sites for hydroxylation is 2. The average molecular weight is 228 g/mol. The standard InChI is InChI=1S/C16H20O/c1-12-8-9-15(10-13(12)2)16(17)11-14-6-4-3-5-7-14/h8-11H,3-7H2,1-2H3. The van der Waals surface area contributed by atoms with Crippen LogP contribution in [0.3, 0.4) is 0 Å². The first-order valence-corrected chi connectivity index (χ1v) is 6.48. The molecule has 1 aromatic rings. The molecule has 0 amide bonds. The Balaban J connectivity index is 2.16. The fraction of sp³-hybridized carbons (Fsp3) is 0.438. The summed E-state index contributed by atoms with van der Waals surface area (Å²) in [4.78, 5) is 12.1. The lowest BCUT2D eigenvalue weighted by atomic mass is 9.93. The van der Waals surface area contributed by atoms with Crippen molar-refractivity contribution in [1.82, 2.24) is 0 Å². The van der Waals surface area contributed by atoms with Gasteiger partial charge >= 0.3 is 0 Å². The van der Waals surface area contributed by atoms with E-state index in [0.717, 1.165) is 18.4 Å². The minimum Gasteiger partial charge on any atom is -0.289 e. The second-order valence-corrected chi connectivity index (χ2v) is 5.03. The Hall–Kier alpha value is -1.37. The number of hydrogen-bond donors (Lipinski definition) is 0. The van der Waals surface area contributed by atoms with Crippen LogP contribution in [0.4, 0.5) is 0 Å². The van der Waals surface area contributed by atoms with Crippen LogP contribution in [0.5, 0.6) is 0 Å². The molecule has 2 rings (SSSR count). The van der Waals surface area contributed by atoms with Crippen LogP contribution in [-0.2, 0) is 0 Å². The topological polar surface area (TPSA) is 17.1 Å². The molecule has 0 aliphatic heterocycles. The molecule has 0 N–H and O–H groups in total. The van der Waals surface area contributed by atoms with Crippen LogP contribution >= 0.6 is 0 Å². The zero-order valence-corrected chi connectivity index (χ0v) is 10.8. The lowest BCUT2D eigenvalue weighted by molar-refractivity contribution is 0.104. The van der Waals surface area contributed by atoms with Crippen LogP contribution in [0.25, 0.3) is 0 Å². The Kier molecular flexibility index (Phi) is 3.78. The summed E-state index contributed by atoms with van der Waals surface area (Å²) in [6.07, 6.45) is 7.88. The van der Waals surface area contributed by atoms with Crippen LogP contribution in [0, 0.1) is 13.8 Å². The third kappa shape index (κ3) is 3.06. The first-order valence-electron chi connectivity index (χ1n) is 6.48. The summed E-state index contributed by atoms with van der Waals surface area (Å²) in [6.45, 7) is 4.13. The fourth-order valence-corrected chi connectivity index (χ4v) is 2.31. The maximum Gasteiger partial charge on any atom is 0.185 e. The second-order valence-electron chi connectivity index (χ2n) is 5.03. The summed E-state index contributed by atoms with van der Waals surface area (Å²) >= 11 is 0. The van der Waals surface area contributed by atoms with Crippen molar-refractivity contribution in [3.63, 3.8) is 0 Å². The normalized spacial score (nSPS) is 15.8. The fourth-order valence-electron chi connectivity index (χ4n) is 2.31. The van der Waals surface area contributed by atoms with Crippen LogP contribution < -0.4 is 0 Å². The van der Waals surface area contributed by atoms with Crippen molar-refractivity contribution in [1.29, 1.82) is 0 Å². The maximum absolute atomic E-state index is 12.1. The van der Waals surface area contributed by atoms with E-state index < -0.39 is 0 Å². The molecule has 0 atom stereocenters. The second kappa shape index (κ2) is 5.31. The van der Waals surface area contributed by atoms with E-state index in [4.69, 9.17) is 0 Å². The van der Waals surface area contributed by atoms with Crippen LogP contribution in [0.2, 0.25) is 0 Å². The minimum absolute atomic E-state index is 0.171. The van der Waals surface area contributed by atoms with Gasteiger partial charge in [-0.2, -0.15) is 0 Å². The Labute approximate surface area is 104 Å². The van der Waals surface area contributed by atoms with Gasteiger partial charge < -0.3 is 0 Å². The SMILES string of the molecule is Cc1ccc(C(=O)C=C2CCCCC2)cc1C. The quantitative estimate of drug-likeness (QED) is 0.542. The smallest absolute Gasteiger partial charge is 0.185 e. The van der Waals surface area contributed by atoms with Gasteiger partial charge in [-0.05, 0) is 62.8 Å². The van der Waals surface area contributed by atoms with Crippen LogP contribution in [-0.4, -0.2) is 5.78 Å². The van der Waals surface area contributed by atoms with Gasteiger partial charge in [0.2, 0.25) is 0 Å². The molecular formula is C16H20O. The largest absolute Gasteiger partial charge is 0.289 e. The molecule has 1 saturated carbocycles. The van der Waals surface area contributed by atoms with Gasteiger partial charge in [-0.3, -0.25) is 4.79 Å². The zero-order chi connectivity index (χ0) is 12.3. The van der Waals surface area contributed by atoms with Crippen molar-refractivity contribution < 1.29 is 4.79 Å². The summed E-state index contributed by atoms with van der Waals surface area (Å²) in [6, 6.07) is 5.96. The molecule has 90 valence electrons. The summed E-state index contributed by atoms with van der Waals surface area (Å²) in [5.41, 5.74) is 4.59. The number of allylic oxidation sites excluding steroid dienone is 2. The maximum atomic E-state index is 12.1. The lowest BCUT2D eigenvalue weighted by Gasteiger charge is -2.13. The third-order valence-electron chi connectivity index (χ3n) is 3.62. The number of hydrogen-bond acceptors (Lipinski definition) is 1. The van der Waals surface area contributed by atoms with E-state index in [-0.39, 0.29) is 5.78 Å². The summed E-state index contributed by atoms with van der Waals surface area (Å²) in [7, 11) is 0. The van der Waals surface area contributed by atoms with E-state index in [9.17, 15) is 4.79 Å². The van der Waals surface area contributed by atoms with Gasteiger partial charge in [0, 0.05) is 5.56 Å². The van der Waals surface area contributed by atoms with Gasteiger partial charge in [0.1, 0.15) is 0 Å². The average Bonchev–Trinajstić information content (AvgIpc) is 2.34. The van der Waals surface area contributed by atoms with Crippen molar-refractivity contribution in [2.45, 2.75) is 46.0 Å². The van der Waals surface area contributed by atoms with Crippen LogP contribution in [0.1, 0.15) is 53.6 Å². The molecule has 1 fully saturated rings. The summed E-state index contributed by atoms with van der Waals surface area (Å²) < 4.78 is 0. The Morgan fingerprint density at radius 2 is 1.76 bits per heavy atom. The summed E-state index contributed by atoms with van der Waals surface area (Å²) in [5.74, 6) is 0.171. The van der Waals surface area contributed by atoms with Crippen molar-refractivity contribution in [3.05, 3.63) is 46.5 Å². The Morgan fingerprint density at radius 3 is 2.41 bits per heavy atom. The van der Waals surface area contributed by atoms with E-state index >= 15 is 0 Å². The van der Waals surface area contributed by atoms with E-state index in [1.54, 1.807) is 0 Å². The number of carbonyl (C=O) groups is 1.